The molecule has 0 aliphatic heterocycles. The summed E-state index contributed by atoms with van der Waals surface area (Å²) in [5.41, 5.74) is 5.92. The van der Waals surface area contributed by atoms with Crippen molar-refractivity contribution in [2.75, 3.05) is 6.54 Å². The first-order valence-corrected chi connectivity index (χ1v) is 6.87. The van der Waals surface area contributed by atoms with Crippen LogP contribution in [0.25, 0.3) is 0 Å². The molecule has 96 valence electrons. The van der Waals surface area contributed by atoms with Gasteiger partial charge in [-0.2, -0.15) is 0 Å². The van der Waals surface area contributed by atoms with Gasteiger partial charge in [-0.05, 0) is 44.9 Å². The van der Waals surface area contributed by atoms with E-state index in [-0.39, 0.29) is 5.60 Å². The topological polar surface area (TPSA) is 35.2 Å². The van der Waals surface area contributed by atoms with Gasteiger partial charge in [-0.25, -0.2) is 0 Å². The van der Waals surface area contributed by atoms with E-state index in [1.54, 1.807) is 0 Å². The Balaban J connectivity index is 2.60. The summed E-state index contributed by atoms with van der Waals surface area (Å²) >= 11 is 0. The van der Waals surface area contributed by atoms with E-state index >= 15 is 0 Å². The van der Waals surface area contributed by atoms with E-state index in [9.17, 15) is 0 Å². The summed E-state index contributed by atoms with van der Waals surface area (Å²) in [6.45, 7) is 9.58. The first kappa shape index (κ1) is 14.0. The van der Waals surface area contributed by atoms with E-state index < -0.39 is 0 Å². The number of nitrogens with two attached hydrogens (primary N) is 1. The molecule has 0 heterocycles. The monoisotopic (exact) mass is 227 g/mol. The smallest absolute Gasteiger partial charge is 0.0807 e. The predicted octanol–water partition coefficient (Wildman–Crippen LogP) is 3.35. The Labute approximate surface area is 101 Å². The molecule has 16 heavy (non-hydrogen) atoms. The fraction of sp³-hybridized carbons (Fsp3) is 1.00. The lowest BCUT2D eigenvalue weighted by Crippen LogP contribution is -2.42. The third kappa shape index (κ3) is 3.74. The number of rotatable bonds is 4. The lowest BCUT2D eigenvalue weighted by Gasteiger charge is -2.34. The molecule has 1 aliphatic rings. The number of ether oxygens (including phenoxy) is 1. The van der Waals surface area contributed by atoms with Gasteiger partial charge in [0.05, 0.1) is 11.7 Å². The maximum atomic E-state index is 6.11. The van der Waals surface area contributed by atoms with Gasteiger partial charge in [-0.3, -0.25) is 0 Å². The van der Waals surface area contributed by atoms with Crippen LogP contribution in [0.2, 0.25) is 0 Å². The van der Waals surface area contributed by atoms with Crippen molar-refractivity contribution in [1.82, 2.24) is 0 Å². The average Bonchev–Trinajstić information content (AvgIpc) is 2.40. The molecule has 2 unspecified atom stereocenters. The van der Waals surface area contributed by atoms with Crippen LogP contribution in [-0.2, 0) is 4.74 Å². The van der Waals surface area contributed by atoms with Gasteiger partial charge < -0.3 is 10.5 Å². The predicted molar refractivity (Wildman–Crippen MR) is 69.4 cm³/mol. The van der Waals surface area contributed by atoms with Crippen LogP contribution in [0, 0.1) is 11.8 Å². The highest BCUT2D eigenvalue weighted by Gasteiger charge is 2.34. The standard InChI is InChI=1S/C14H29NO/c1-11(2)13-6-5-8-14(10-15,9-7-13)16-12(3)4/h11-13H,5-10,15H2,1-4H3. The highest BCUT2D eigenvalue weighted by molar-refractivity contribution is 4.87. The van der Waals surface area contributed by atoms with Crippen LogP contribution >= 0.6 is 0 Å². The van der Waals surface area contributed by atoms with Crippen molar-refractivity contribution >= 4 is 0 Å². The highest BCUT2D eigenvalue weighted by Crippen LogP contribution is 2.36. The van der Waals surface area contributed by atoms with E-state index in [1.807, 2.05) is 0 Å². The molecule has 2 atom stereocenters. The molecule has 0 radical (unpaired) electrons. The van der Waals surface area contributed by atoms with Crippen LogP contribution in [-0.4, -0.2) is 18.2 Å². The fourth-order valence-electron chi connectivity index (χ4n) is 2.94. The second-order valence-corrected chi connectivity index (χ2v) is 5.99. The Morgan fingerprint density at radius 2 is 1.88 bits per heavy atom. The zero-order valence-corrected chi connectivity index (χ0v) is 11.5. The van der Waals surface area contributed by atoms with Gasteiger partial charge >= 0.3 is 0 Å². The van der Waals surface area contributed by atoms with Gasteiger partial charge in [0.15, 0.2) is 0 Å². The SMILES string of the molecule is CC(C)OC1(CN)CCCC(C(C)C)CC1. The summed E-state index contributed by atoms with van der Waals surface area (Å²) in [6, 6.07) is 0. The first-order valence-electron chi connectivity index (χ1n) is 6.87. The van der Waals surface area contributed by atoms with Crippen molar-refractivity contribution in [3.05, 3.63) is 0 Å². The molecule has 1 saturated carbocycles. The van der Waals surface area contributed by atoms with Gasteiger partial charge in [-0.15, -0.1) is 0 Å². The maximum Gasteiger partial charge on any atom is 0.0807 e. The minimum absolute atomic E-state index is 0.0300. The summed E-state index contributed by atoms with van der Waals surface area (Å²) in [4.78, 5) is 0. The average molecular weight is 227 g/mol. The van der Waals surface area contributed by atoms with E-state index in [1.165, 1.54) is 19.3 Å². The Bertz CT molecular complexity index is 203. The molecule has 0 amide bonds. The van der Waals surface area contributed by atoms with Crippen molar-refractivity contribution < 1.29 is 4.74 Å². The van der Waals surface area contributed by atoms with Crippen LogP contribution in [0.3, 0.4) is 0 Å². The largest absolute Gasteiger partial charge is 0.371 e. The van der Waals surface area contributed by atoms with E-state index in [0.29, 0.717) is 12.6 Å². The van der Waals surface area contributed by atoms with Crippen molar-refractivity contribution in [2.45, 2.75) is 71.5 Å². The quantitative estimate of drug-likeness (QED) is 0.748. The summed E-state index contributed by atoms with van der Waals surface area (Å²) in [7, 11) is 0. The van der Waals surface area contributed by atoms with Gasteiger partial charge in [0, 0.05) is 6.54 Å². The minimum atomic E-state index is -0.0300. The molecule has 0 bridgehead atoms. The zero-order chi connectivity index (χ0) is 12.2. The maximum absolute atomic E-state index is 6.11. The molecule has 2 heteroatoms. The van der Waals surface area contributed by atoms with Crippen LogP contribution in [0.4, 0.5) is 0 Å². The summed E-state index contributed by atoms with van der Waals surface area (Å²) in [5.74, 6) is 1.66. The van der Waals surface area contributed by atoms with E-state index in [0.717, 1.165) is 24.7 Å². The lowest BCUT2D eigenvalue weighted by molar-refractivity contribution is -0.0835. The number of hydrogen-bond acceptors (Lipinski definition) is 2. The summed E-state index contributed by atoms with van der Waals surface area (Å²) < 4.78 is 6.11. The van der Waals surface area contributed by atoms with Crippen molar-refractivity contribution in [2.24, 2.45) is 17.6 Å². The van der Waals surface area contributed by atoms with Gasteiger partial charge in [0.25, 0.3) is 0 Å². The molecular formula is C14H29NO. The molecule has 0 aromatic heterocycles. The highest BCUT2D eigenvalue weighted by atomic mass is 16.5. The van der Waals surface area contributed by atoms with E-state index in [4.69, 9.17) is 10.5 Å². The van der Waals surface area contributed by atoms with E-state index in [2.05, 4.69) is 27.7 Å². The molecule has 0 aromatic rings. The summed E-state index contributed by atoms with van der Waals surface area (Å²) in [6.07, 6.45) is 6.48. The second kappa shape index (κ2) is 6.02. The Morgan fingerprint density at radius 1 is 1.19 bits per heavy atom. The molecule has 2 N–H and O–H groups in total. The molecule has 1 fully saturated rings. The van der Waals surface area contributed by atoms with Crippen molar-refractivity contribution in [3.63, 3.8) is 0 Å². The lowest BCUT2D eigenvalue weighted by atomic mass is 9.87. The molecule has 0 spiro atoms. The van der Waals surface area contributed by atoms with Gasteiger partial charge in [0.2, 0.25) is 0 Å². The molecule has 1 aliphatic carbocycles. The van der Waals surface area contributed by atoms with Gasteiger partial charge in [-0.1, -0.05) is 26.7 Å². The van der Waals surface area contributed by atoms with Crippen LogP contribution in [0.5, 0.6) is 0 Å². The molecular weight excluding hydrogens is 198 g/mol. The van der Waals surface area contributed by atoms with Crippen molar-refractivity contribution in [3.8, 4) is 0 Å². The normalized spacial score (nSPS) is 32.1. The molecule has 2 nitrogen and oxygen atoms in total. The number of hydrogen-bond donors (Lipinski definition) is 1. The third-order valence-corrected chi connectivity index (χ3v) is 3.98. The van der Waals surface area contributed by atoms with Crippen LogP contribution in [0.1, 0.15) is 59.8 Å². The Hall–Kier alpha value is -0.0800. The Morgan fingerprint density at radius 3 is 2.38 bits per heavy atom. The first-order chi connectivity index (χ1) is 7.49. The third-order valence-electron chi connectivity index (χ3n) is 3.98. The van der Waals surface area contributed by atoms with Crippen LogP contribution in [0.15, 0.2) is 0 Å². The second-order valence-electron chi connectivity index (χ2n) is 5.99. The minimum Gasteiger partial charge on any atom is -0.371 e. The van der Waals surface area contributed by atoms with Gasteiger partial charge in [0.1, 0.15) is 0 Å². The molecule has 1 rings (SSSR count). The zero-order valence-electron chi connectivity index (χ0n) is 11.5. The van der Waals surface area contributed by atoms with Crippen molar-refractivity contribution in [1.29, 1.82) is 0 Å². The van der Waals surface area contributed by atoms with Crippen LogP contribution < -0.4 is 5.73 Å². The summed E-state index contributed by atoms with van der Waals surface area (Å²) in [5, 5.41) is 0. The fourth-order valence-corrected chi connectivity index (χ4v) is 2.94. The Kier molecular flexibility index (Phi) is 5.26. The molecule has 0 saturated heterocycles. The molecule has 0 aromatic carbocycles.